The van der Waals surface area contributed by atoms with Crippen molar-refractivity contribution in [1.29, 1.82) is 0 Å². The first kappa shape index (κ1) is 15.3. The number of hydrogen-bond donors (Lipinski definition) is 1. The van der Waals surface area contributed by atoms with Gasteiger partial charge in [-0.25, -0.2) is 0 Å². The van der Waals surface area contributed by atoms with Crippen LogP contribution >= 0.6 is 34.5 Å². The Hall–Kier alpha value is -0.580. The fraction of sp³-hybridized carbons (Fsp3) is 0.375. The fourth-order valence-corrected chi connectivity index (χ4v) is 4.33. The minimum atomic E-state index is 0.193. The van der Waals surface area contributed by atoms with Crippen LogP contribution in [0.1, 0.15) is 22.0 Å². The summed E-state index contributed by atoms with van der Waals surface area (Å²) >= 11 is 14.5. The maximum absolute atomic E-state index is 6.51. The molecule has 2 aromatic rings. The second kappa shape index (κ2) is 6.67. The molecule has 2 heterocycles. The second-order valence-electron chi connectivity index (χ2n) is 5.30. The van der Waals surface area contributed by atoms with E-state index in [-0.39, 0.29) is 6.04 Å². The van der Waals surface area contributed by atoms with Crippen molar-refractivity contribution in [3.8, 4) is 0 Å². The monoisotopic (exact) mass is 340 g/mol. The molecule has 21 heavy (non-hydrogen) atoms. The molecule has 1 aliphatic heterocycles. The fourth-order valence-electron chi connectivity index (χ4n) is 2.84. The molecule has 0 aliphatic carbocycles. The third-order valence-corrected chi connectivity index (χ3v) is 5.85. The molecule has 1 aliphatic rings. The first-order valence-electron chi connectivity index (χ1n) is 7.11. The highest BCUT2D eigenvalue weighted by Gasteiger charge is 2.28. The molecule has 2 nitrogen and oxygen atoms in total. The van der Waals surface area contributed by atoms with Crippen molar-refractivity contribution < 1.29 is 0 Å². The molecule has 1 aromatic heterocycles. The molecule has 1 unspecified atom stereocenters. The molecular formula is C16H18Cl2N2S. The Bertz CT molecular complexity index is 620. The molecule has 3 rings (SSSR count). The summed E-state index contributed by atoms with van der Waals surface area (Å²) in [6.45, 7) is 6.23. The summed E-state index contributed by atoms with van der Waals surface area (Å²) in [5.74, 6) is 0. The van der Waals surface area contributed by atoms with Gasteiger partial charge in [-0.3, -0.25) is 4.90 Å². The highest BCUT2D eigenvalue weighted by molar-refractivity contribution is 7.10. The van der Waals surface area contributed by atoms with Crippen LogP contribution in [0.25, 0.3) is 0 Å². The quantitative estimate of drug-likeness (QED) is 0.892. The van der Waals surface area contributed by atoms with E-state index in [0.29, 0.717) is 10.0 Å². The Labute approximate surface area is 139 Å². The van der Waals surface area contributed by atoms with Gasteiger partial charge < -0.3 is 5.32 Å². The topological polar surface area (TPSA) is 15.3 Å². The third-order valence-electron chi connectivity index (χ3n) is 3.94. The van der Waals surface area contributed by atoms with Gasteiger partial charge in [0.25, 0.3) is 0 Å². The molecule has 0 radical (unpaired) electrons. The zero-order valence-corrected chi connectivity index (χ0v) is 14.2. The number of halogens is 2. The van der Waals surface area contributed by atoms with Crippen LogP contribution in [-0.4, -0.2) is 31.1 Å². The van der Waals surface area contributed by atoms with Gasteiger partial charge in [-0.2, -0.15) is 0 Å². The lowest BCUT2D eigenvalue weighted by Crippen LogP contribution is -2.45. The second-order valence-corrected chi connectivity index (χ2v) is 7.03. The number of nitrogens with one attached hydrogen (secondary N) is 1. The summed E-state index contributed by atoms with van der Waals surface area (Å²) in [6.07, 6.45) is 0. The van der Waals surface area contributed by atoms with Gasteiger partial charge in [0, 0.05) is 31.1 Å². The van der Waals surface area contributed by atoms with Gasteiger partial charge in [-0.15, -0.1) is 11.3 Å². The first-order chi connectivity index (χ1) is 10.2. The SMILES string of the molecule is Cc1ccsc1C(c1cccc(Cl)c1Cl)N1CCNCC1. The minimum absolute atomic E-state index is 0.193. The van der Waals surface area contributed by atoms with Crippen molar-refractivity contribution in [3.05, 3.63) is 55.7 Å². The zero-order chi connectivity index (χ0) is 14.8. The summed E-state index contributed by atoms with van der Waals surface area (Å²) in [5, 5.41) is 6.87. The van der Waals surface area contributed by atoms with Gasteiger partial charge in [-0.1, -0.05) is 35.3 Å². The highest BCUT2D eigenvalue weighted by atomic mass is 35.5. The van der Waals surface area contributed by atoms with Gasteiger partial charge in [0.1, 0.15) is 0 Å². The van der Waals surface area contributed by atoms with E-state index in [9.17, 15) is 0 Å². The van der Waals surface area contributed by atoms with Crippen LogP contribution < -0.4 is 5.32 Å². The molecule has 0 bridgehead atoms. The number of aryl methyl sites for hydroxylation is 1. The third kappa shape index (κ3) is 3.13. The Kier molecular flexibility index (Phi) is 4.87. The van der Waals surface area contributed by atoms with E-state index in [1.807, 2.05) is 12.1 Å². The van der Waals surface area contributed by atoms with Crippen LogP contribution in [-0.2, 0) is 0 Å². The lowest BCUT2D eigenvalue weighted by Gasteiger charge is -2.35. The molecule has 0 saturated carbocycles. The van der Waals surface area contributed by atoms with Crippen LogP contribution in [0, 0.1) is 6.92 Å². The van der Waals surface area contributed by atoms with E-state index in [0.717, 1.165) is 31.7 Å². The van der Waals surface area contributed by atoms with Gasteiger partial charge in [0.2, 0.25) is 0 Å². The lowest BCUT2D eigenvalue weighted by atomic mass is 10.0. The average Bonchev–Trinajstić information content (AvgIpc) is 2.91. The Morgan fingerprint density at radius 2 is 1.95 bits per heavy atom. The van der Waals surface area contributed by atoms with Gasteiger partial charge in [0.15, 0.2) is 0 Å². The van der Waals surface area contributed by atoms with Crippen molar-refractivity contribution in [2.45, 2.75) is 13.0 Å². The van der Waals surface area contributed by atoms with E-state index >= 15 is 0 Å². The molecule has 1 N–H and O–H groups in total. The summed E-state index contributed by atoms with van der Waals surface area (Å²) < 4.78 is 0. The molecular weight excluding hydrogens is 323 g/mol. The van der Waals surface area contributed by atoms with Crippen LogP contribution in [0.15, 0.2) is 29.6 Å². The number of benzene rings is 1. The molecule has 1 fully saturated rings. The largest absolute Gasteiger partial charge is 0.314 e. The molecule has 0 amide bonds. The Balaban J connectivity index is 2.07. The van der Waals surface area contributed by atoms with Crippen molar-refractivity contribution >= 4 is 34.5 Å². The van der Waals surface area contributed by atoms with Crippen molar-refractivity contribution in [3.63, 3.8) is 0 Å². The summed E-state index contributed by atoms with van der Waals surface area (Å²) in [5.41, 5.74) is 2.43. The van der Waals surface area contributed by atoms with Crippen molar-refractivity contribution in [2.24, 2.45) is 0 Å². The van der Waals surface area contributed by atoms with E-state index in [2.05, 4.69) is 34.7 Å². The first-order valence-corrected chi connectivity index (χ1v) is 8.74. The standard InChI is InChI=1S/C16H18Cl2N2S/c1-11-5-10-21-16(11)15(20-8-6-19-7-9-20)12-3-2-4-13(17)14(12)18/h2-5,10,15,19H,6-9H2,1H3. The van der Waals surface area contributed by atoms with Crippen LogP contribution in [0.2, 0.25) is 10.0 Å². The molecule has 1 saturated heterocycles. The maximum atomic E-state index is 6.51. The van der Waals surface area contributed by atoms with Gasteiger partial charge >= 0.3 is 0 Å². The Morgan fingerprint density at radius 1 is 1.19 bits per heavy atom. The number of thiophene rings is 1. The molecule has 1 atom stereocenters. The summed E-state index contributed by atoms with van der Waals surface area (Å²) in [7, 11) is 0. The smallest absolute Gasteiger partial charge is 0.0714 e. The number of nitrogens with zero attached hydrogens (tertiary/aromatic N) is 1. The van der Waals surface area contributed by atoms with Crippen molar-refractivity contribution in [1.82, 2.24) is 10.2 Å². The Morgan fingerprint density at radius 3 is 2.62 bits per heavy atom. The maximum Gasteiger partial charge on any atom is 0.0714 e. The van der Waals surface area contributed by atoms with Gasteiger partial charge in [-0.05, 0) is 35.6 Å². The number of rotatable bonds is 3. The summed E-state index contributed by atoms with van der Waals surface area (Å²) in [6, 6.07) is 8.30. The average molecular weight is 341 g/mol. The molecule has 112 valence electrons. The number of piperazine rings is 1. The molecule has 1 aromatic carbocycles. The number of hydrogen-bond acceptors (Lipinski definition) is 3. The zero-order valence-electron chi connectivity index (χ0n) is 11.9. The summed E-state index contributed by atoms with van der Waals surface area (Å²) in [4.78, 5) is 3.86. The lowest BCUT2D eigenvalue weighted by molar-refractivity contribution is 0.200. The minimum Gasteiger partial charge on any atom is -0.314 e. The molecule has 0 spiro atoms. The normalized spacial score (nSPS) is 17.9. The predicted molar refractivity (Wildman–Crippen MR) is 91.8 cm³/mol. The van der Waals surface area contributed by atoms with Crippen LogP contribution in [0.5, 0.6) is 0 Å². The van der Waals surface area contributed by atoms with Crippen LogP contribution in [0.3, 0.4) is 0 Å². The van der Waals surface area contributed by atoms with E-state index in [1.54, 1.807) is 11.3 Å². The van der Waals surface area contributed by atoms with Gasteiger partial charge in [0.05, 0.1) is 16.1 Å². The highest BCUT2D eigenvalue weighted by Crippen LogP contribution is 2.39. The molecule has 5 heteroatoms. The predicted octanol–water partition coefficient (Wildman–Crippen LogP) is 4.36. The van der Waals surface area contributed by atoms with Crippen LogP contribution in [0.4, 0.5) is 0 Å². The van der Waals surface area contributed by atoms with E-state index in [1.165, 1.54) is 10.4 Å². The van der Waals surface area contributed by atoms with Crippen molar-refractivity contribution in [2.75, 3.05) is 26.2 Å². The van der Waals surface area contributed by atoms with E-state index in [4.69, 9.17) is 23.2 Å². The van der Waals surface area contributed by atoms with E-state index < -0.39 is 0 Å².